The van der Waals surface area contributed by atoms with Crippen molar-refractivity contribution >= 4 is 16.9 Å². The van der Waals surface area contributed by atoms with Gasteiger partial charge in [0.2, 0.25) is 0 Å². The Morgan fingerprint density at radius 3 is 3.00 bits per heavy atom. The third-order valence-electron chi connectivity index (χ3n) is 4.98. The second-order valence-electron chi connectivity index (χ2n) is 7.18. The maximum Gasteiger partial charge on any atom is 0.319 e. The lowest BCUT2D eigenvalue weighted by atomic mass is 10.2. The van der Waals surface area contributed by atoms with E-state index in [0.29, 0.717) is 36.4 Å². The van der Waals surface area contributed by atoms with Crippen LogP contribution in [0.2, 0.25) is 0 Å². The number of hydrogen-bond donors (Lipinski definition) is 2. The molecule has 0 bridgehead atoms. The van der Waals surface area contributed by atoms with Gasteiger partial charge in [0.15, 0.2) is 5.82 Å². The Bertz CT molecular complexity index is 1140. The highest BCUT2D eigenvalue weighted by atomic mass is 19.1. The van der Waals surface area contributed by atoms with Gasteiger partial charge in [-0.2, -0.15) is 20.2 Å². The fraction of sp³-hybridized carbons (Fsp3) is 0.316. The van der Waals surface area contributed by atoms with Gasteiger partial charge in [0.05, 0.1) is 25.2 Å². The highest BCUT2D eigenvalue weighted by Gasteiger charge is 2.40. The zero-order chi connectivity index (χ0) is 19.8. The summed E-state index contributed by atoms with van der Waals surface area (Å²) in [5.74, 6) is 0.911. The summed E-state index contributed by atoms with van der Waals surface area (Å²) in [5, 5.41) is 14.4. The smallest absolute Gasteiger partial charge is 0.319 e. The molecule has 1 fully saturated rings. The Morgan fingerprint density at radius 1 is 1.28 bits per heavy atom. The van der Waals surface area contributed by atoms with Crippen LogP contribution in [0.3, 0.4) is 0 Å². The summed E-state index contributed by atoms with van der Waals surface area (Å²) in [6.45, 7) is 1.05. The summed E-state index contributed by atoms with van der Waals surface area (Å²) in [6, 6.07) is 3.47. The van der Waals surface area contributed by atoms with Gasteiger partial charge in [0, 0.05) is 42.9 Å². The van der Waals surface area contributed by atoms with Crippen LogP contribution in [0.5, 0.6) is 6.01 Å². The van der Waals surface area contributed by atoms with Gasteiger partial charge in [0.25, 0.3) is 0 Å². The Kier molecular flexibility index (Phi) is 4.30. The predicted octanol–water partition coefficient (Wildman–Crippen LogP) is 2.42. The van der Waals surface area contributed by atoms with Gasteiger partial charge in [0.1, 0.15) is 16.9 Å². The molecule has 0 saturated heterocycles. The van der Waals surface area contributed by atoms with Crippen LogP contribution in [0, 0.1) is 11.7 Å². The number of ether oxygens (including phenoxy) is 1. The van der Waals surface area contributed by atoms with E-state index in [9.17, 15) is 4.39 Å². The molecule has 1 aliphatic rings. The molecule has 29 heavy (non-hydrogen) atoms. The monoisotopic (exact) mass is 394 g/mol. The molecule has 0 radical (unpaired) electrons. The summed E-state index contributed by atoms with van der Waals surface area (Å²) in [6.07, 6.45) is 7.58. The highest BCUT2D eigenvalue weighted by Crippen LogP contribution is 2.46. The van der Waals surface area contributed by atoms with Gasteiger partial charge in [-0.05, 0) is 18.6 Å². The number of fused-ring (bicyclic) bond motifs is 1. The molecule has 0 spiro atoms. The molecule has 5 rings (SSSR count). The van der Waals surface area contributed by atoms with E-state index < -0.39 is 0 Å². The molecule has 9 nitrogen and oxygen atoms in total. The van der Waals surface area contributed by atoms with Crippen LogP contribution in [0.1, 0.15) is 23.6 Å². The van der Waals surface area contributed by atoms with Crippen molar-refractivity contribution in [1.29, 1.82) is 0 Å². The SMILES string of the molecule is Cn1cc(CNc2nc(OCC3CC3c3ccc(F)cn3)nc3cn[nH]c23)cn1. The summed E-state index contributed by atoms with van der Waals surface area (Å²) in [5.41, 5.74) is 3.33. The Balaban J connectivity index is 1.26. The zero-order valence-electron chi connectivity index (χ0n) is 15.7. The second-order valence-corrected chi connectivity index (χ2v) is 7.18. The zero-order valence-corrected chi connectivity index (χ0v) is 15.7. The maximum atomic E-state index is 13.0. The van der Waals surface area contributed by atoms with E-state index in [2.05, 4.69) is 35.6 Å². The van der Waals surface area contributed by atoms with E-state index in [0.717, 1.165) is 23.2 Å². The molecule has 0 aromatic carbocycles. The Labute approximate surface area is 165 Å². The molecule has 10 heteroatoms. The second kappa shape index (κ2) is 7.12. The average Bonchev–Trinajstić information content (AvgIpc) is 3.12. The topological polar surface area (TPSA) is 106 Å². The fourth-order valence-electron chi connectivity index (χ4n) is 3.34. The summed E-state index contributed by atoms with van der Waals surface area (Å²) in [7, 11) is 1.87. The lowest BCUT2D eigenvalue weighted by Gasteiger charge is -2.08. The molecule has 1 aliphatic carbocycles. The molecular weight excluding hydrogens is 375 g/mol. The number of H-pyrrole nitrogens is 1. The lowest BCUT2D eigenvalue weighted by molar-refractivity contribution is 0.275. The van der Waals surface area contributed by atoms with Gasteiger partial charge in [-0.25, -0.2) is 4.39 Å². The van der Waals surface area contributed by atoms with Crippen LogP contribution in [0.4, 0.5) is 10.2 Å². The summed E-state index contributed by atoms with van der Waals surface area (Å²) < 4.78 is 20.6. The number of nitrogens with one attached hydrogen (secondary N) is 2. The van der Waals surface area contributed by atoms with Crippen molar-refractivity contribution in [3.05, 3.63) is 54.0 Å². The minimum Gasteiger partial charge on any atom is -0.463 e. The standard InChI is InChI=1S/C19H19FN8O/c1-28-9-11(6-24-28)5-22-18-17-16(8-23-27-17)25-19(26-18)29-10-12-4-14(12)15-3-2-13(20)7-21-15/h2-3,6-9,12,14H,4-5,10H2,1H3,(H,23,27)(H,22,25,26). The normalized spacial score (nSPS) is 18.1. The van der Waals surface area contributed by atoms with Gasteiger partial charge < -0.3 is 10.1 Å². The number of aromatic amines is 1. The number of rotatable bonds is 7. The number of nitrogens with zero attached hydrogens (tertiary/aromatic N) is 6. The van der Waals surface area contributed by atoms with Crippen molar-refractivity contribution in [2.45, 2.75) is 18.9 Å². The predicted molar refractivity (Wildman–Crippen MR) is 103 cm³/mol. The first-order valence-electron chi connectivity index (χ1n) is 9.32. The highest BCUT2D eigenvalue weighted by molar-refractivity contribution is 5.84. The fourth-order valence-corrected chi connectivity index (χ4v) is 3.34. The van der Waals surface area contributed by atoms with Crippen molar-refractivity contribution < 1.29 is 9.13 Å². The lowest BCUT2D eigenvalue weighted by Crippen LogP contribution is -2.07. The molecule has 4 aromatic rings. The number of aryl methyl sites for hydroxylation is 1. The third kappa shape index (κ3) is 3.73. The van der Waals surface area contributed by atoms with Crippen LogP contribution in [-0.2, 0) is 13.6 Å². The van der Waals surface area contributed by atoms with Gasteiger partial charge >= 0.3 is 6.01 Å². The van der Waals surface area contributed by atoms with Crippen molar-refractivity contribution in [1.82, 2.24) is 34.9 Å². The molecule has 2 atom stereocenters. The maximum absolute atomic E-state index is 13.0. The largest absolute Gasteiger partial charge is 0.463 e. The molecular formula is C19H19FN8O. The van der Waals surface area contributed by atoms with Crippen LogP contribution < -0.4 is 10.1 Å². The third-order valence-corrected chi connectivity index (χ3v) is 4.98. The van der Waals surface area contributed by atoms with E-state index in [1.807, 2.05) is 13.2 Å². The first kappa shape index (κ1) is 17.5. The molecule has 148 valence electrons. The quantitative estimate of drug-likeness (QED) is 0.496. The molecule has 0 amide bonds. The Hall–Kier alpha value is -3.56. The van der Waals surface area contributed by atoms with E-state index in [1.54, 1.807) is 23.1 Å². The van der Waals surface area contributed by atoms with E-state index in [-0.39, 0.29) is 11.7 Å². The van der Waals surface area contributed by atoms with E-state index in [4.69, 9.17) is 4.74 Å². The van der Waals surface area contributed by atoms with Gasteiger partial charge in [-0.1, -0.05) is 0 Å². The molecule has 0 aliphatic heterocycles. The van der Waals surface area contributed by atoms with Crippen LogP contribution in [-0.4, -0.2) is 41.5 Å². The molecule has 4 aromatic heterocycles. The summed E-state index contributed by atoms with van der Waals surface area (Å²) in [4.78, 5) is 13.1. The molecule has 2 N–H and O–H groups in total. The molecule has 2 unspecified atom stereocenters. The van der Waals surface area contributed by atoms with Crippen molar-refractivity contribution in [2.75, 3.05) is 11.9 Å². The van der Waals surface area contributed by atoms with Crippen molar-refractivity contribution in [3.8, 4) is 6.01 Å². The van der Waals surface area contributed by atoms with Crippen LogP contribution >= 0.6 is 0 Å². The average molecular weight is 394 g/mol. The van der Waals surface area contributed by atoms with E-state index >= 15 is 0 Å². The van der Waals surface area contributed by atoms with Gasteiger partial charge in [-0.3, -0.25) is 14.8 Å². The number of hydrogen-bond acceptors (Lipinski definition) is 7. The molecule has 4 heterocycles. The number of aromatic nitrogens is 7. The Morgan fingerprint density at radius 2 is 2.21 bits per heavy atom. The minimum atomic E-state index is -0.324. The van der Waals surface area contributed by atoms with Crippen molar-refractivity contribution in [3.63, 3.8) is 0 Å². The van der Waals surface area contributed by atoms with E-state index in [1.165, 1.54) is 12.3 Å². The van der Waals surface area contributed by atoms with Gasteiger partial charge in [-0.15, -0.1) is 0 Å². The molecule has 1 saturated carbocycles. The van der Waals surface area contributed by atoms with Crippen LogP contribution in [0.25, 0.3) is 11.0 Å². The summed E-state index contributed by atoms with van der Waals surface area (Å²) >= 11 is 0. The van der Waals surface area contributed by atoms with Crippen molar-refractivity contribution in [2.24, 2.45) is 13.0 Å². The number of halogens is 1. The number of anilines is 1. The number of pyridine rings is 1. The first-order valence-corrected chi connectivity index (χ1v) is 9.32. The van der Waals surface area contributed by atoms with Crippen LogP contribution in [0.15, 0.2) is 36.9 Å². The minimum absolute atomic E-state index is 0.288. The first-order chi connectivity index (χ1) is 14.2.